The van der Waals surface area contributed by atoms with Gasteiger partial charge in [0.1, 0.15) is 0 Å². The largest absolute Gasteiger partial charge is 0.378 e. The molecule has 3 aliphatic rings. The van der Waals surface area contributed by atoms with E-state index in [0.717, 1.165) is 51.4 Å². The quantitative estimate of drug-likeness (QED) is 0.759. The van der Waals surface area contributed by atoms with E-state index in [9.17, 15) is 0 Å². The first-order valence-corrected chi connectivity index (χ1v) is 7.26. The van der Waals surface area contributed by atoms with Gasteiger partial charge < -0.3 is 14.2 Å². The minimum absolute atomic E-state index is 0.229. The Labute approximate surface area is 104 Å². The summed E-state index contributed by atoms with van der Waals surface area (Å²) in [6.45, 7) is 2.53. The highest BCUT2D eigenvalue weighted by atomic mass is 16.7. The Morgan fingerprint density at radius 3 is 2.24 bits per heavy atom. The van der Waals surface area contributed by atoms with Gasteiger partial charge >= 0.3 is 0 Å². The summed E-state index contributed by atoms with van der Waals surface area (Å²) in [5.74, 6) is 0.609. The van der Waals surface area contributed by atoms with E-state index in [1.54, 1.807) is 0 Å². The highest BCUT2D eigenvalue weighted by Crippen LogP contribution is 2.37. The van der Waals surface area contributed by atoms with Crippen LogP contribution in [0.15, 0.2) is 0 Å². The molecule has 0 amide bonds. The lowest BCUT2D eigenvalue weighted by atomic mass is 9.91. The molecular formula is C14H24O3. The molecule has 3 rings (SSSR count). The van der Waals surface area contributed by atoms with Crippen molar-refractivity contribution in [2.24, 2.45) is 5.92 Å². The van der Waals surface area contributed by atoms with Crippen LogP contribution < -0.4 is 0 Å². The van der Waals surface area contributed by atoms with Gasteiger partial charge in [0.2, 0.25) is 0 Å². The zero-order valence-corrected chi connectivity index (χ0v) is 10.7. The van der Waals surface area contributed by atoms with E-state index >= 15 is 0 Å². The summed E-state index contributed by atoms with van der Waals surface area (Å²) in [5.41, 5.74) is 0. The van der Waals surface area contributed by atoms with Gasteiger partial charge in [0, 0.05) is 19.4 Å². The SMILES string of the molecule is C1CCC(COC2CCC3(CC2)OCCO3)C1. The average Bonchev–Trinajstić information content (AvgIpc) is 3.01. The van der Waals surface area contributed by atoms with Gasteiger partial charge in [0.05, 0.1) is 19.3 Å². The summed E-state index contributed by atoms with van der Waals surface area (Å²) >= 11 is 0. The molecule has 0 unspecified atom stereocenters. The molecule has 2 saturated carbocycles. The zero-order valence-electron chi connectivity index (χ0n) is 10.7. The van der Waals surface area contributed by atoms with E-state index in [2.05, 4.69) is 0 Å². The summed E-state index contributed by atoms with van der Waals surface area (Å²) in [7, 11) is 0. The van der Waals surface area contributed by atoms with Crippen LogP contribution in [0.1, 0.15) is 51.4 Å². The molecule has 1 saturated heterocycles. The number of ether oxygens (including phenoxy) is 3. The van der Waals surface area contributed by atoms with Crippen molar-refractivity contribution in [3.8, 4) is 0 Å². The van der Waals surface area contributed by atoms with Gasteiger partial charge in [-0.3, -0.25) is 0 Å². The van der Waals surface area contributed by atoms with Crippen molar-refractivity contribution in [1.29, 1.82) is 0 Å². The summed E-state index contributed by atoms with van der Waals surface area (Å²) in [6, 6.07) is 0. The monoisotopic (exact) mass is 240 g/mol. The van der Waals surface area contributed by atoms with E-state index in [1.807, 2.05) is 0 Å². The third-order valence-electron chi connectivity index (χ3n) is 4.55. The fourth-order valence-corrected chi connectivity index (χ4v) is 3.43. The van der Waals surface area contributed by atoms with Gasteiger partial charge in [-0.25, -0.2) is 0 Å². The summed E-state index contributed by atoms with van der Waals surface area (Å²) < 4.78 is 17.5. The van der Waals surface area contributed by atoms with Crippen molar-refractivity contribution < 1.29 is 14.2 Å². The van der Waals surface area contributed by atoms with E-state index in [4.69, 9.17) is 14.2 Å². The molecule has 98 valence electrons. The summed E-state index contributed by atoms with van der Waals surface area (Å²) in [5, 5.41) is 0. The second-order valence-corrected chi connectivity index (χ2v) is 5.79. The highest BCUT2D eigenvalue weighted by molar-refractivity contribution is 4.83. The fourth-order valence-electron chi connectivity index (χ4n) is 3.43. The number of hydrogen-bond donors (Lipinski definition) is 0. The minimum atomic E-state index is -0.229. The predicted octanol–water partition coefficient (Wildman–Crippen LogP) is 2.88. The minimum Gasteiger partial charge on any atom is -0.378 e. The van der Waals surface area contributed by atoms with Crippen molar-refractivity contribution in [3.63, 3.8) is 0 Å². The first kappa shape index (κ1) is 11.9. The fraction of sp³-hybridized carbons (Fsp3) is 1.00. The van der Waals surface area contributed by atoms with Crippen molar-refractivity contribution >= 4 is 0 Å². The van der Waals surface area contributed by atoms with Crippen LogP contribution in [0, 0.1) is 5.92 Å². The molecule has 0 radical (unpaired) electrons. The van der Waals surface area contributed by atoms with Gasteiger partial charge in [0.25, 0.3) is 0 Å². The van der Waals surface area contributed by atoms with Gasteiger partial charge in [-0.1, -0.05) is 12.8 Å². The molecule has 17 heavy (non-hydrogen) atoms. The Kier molecular flexibility index (Phi) is 3.69. The van der Waals surface area contributed by atoms with Gasteiger partial charge in [-0.2, -0.15) is 0 Å². The average molecular weight is 240 g/mol. The standard InChI is InChI=1S/C14H24O3/c1-2-4-12(3-1)11-15-13-5-7-14(8-6-13)16-9-10-17-14/h12-13H,1-11H2. The lowest BCUT2D eigenvalue weighted by Crippen LogP contribution is -2.37. The molecule has 1 aliphatic heterocycles. The Morgan fingerprint density at radius 1 is 0.941 bits per heavy atom. The van der Waals surface area contributed by atoms with Gasteiger partial charge in [-0.15, -0.1) is 0 Å². The van der Waals surface area contributed by atoms with Crippen molar-refractivity contribution in [1.82, 2.24) is 0 Å². The molecule has 0 N–H and O–H groups in total. The van der Waals surface area contributed by atoms with Crippen LogP contribution in [0.25, 0.3) is 0 Å². The van der Waals surface area contributed by atoms with E-state index < -0.39 is 0 Å². The first-order valence-electron chi connectivity index (χ1n) is 7.26. The zero-order chi connectivity index (χ0) is 11.6. The molecule has 0 aromatic carbocycles. The molecule has 0 bridgehead atoms. The molecule has 3 fully saturated rings. The molecule has 1 heterocycles. The Hall–Kier alpha value is -0.120. The molecule has 1 spiro atoms. The maximum atomic E-state index is 6.06. The van der Waals surface area contributed by atoms with Crippen LogP contribution in [-0.4, -0.2) is 31.7 Å². The topological polar surface area (TPSA) is 27.7 Å². The van der Waals surface area contributed by atoms with Crippen LogP contribution in [0.5, 0.6) is 0 Å². The normalized spacial score (nSPS) is 30.4. The molecule has 3 nitrogen and oxygen atoms in total. The smallest absolute Gasteiger partial charge is 0.168 e. The third-order valence-corrected chi connectivity index (χ3v) is 4.55. The molecule has 0 aromatic heterocycles. The van der Waals surface area contributed by atoms with E-state index in [1.165, 1.54) is 25.7 Å². The Bertz CT molecular complexity index is 229. The van der Waals surface area contributed by atoms with Crippen LogP contribution in [-0.2, 0) is 14.2 Å². The second kappa shape index (κ2) is 5.25. The van der Waals surface area contributed by atoms with Gasteiger partial charge in [-0.05, 0) is 31.6 Å². The van der Waals surface area contributed by atoms with Crippen molar-refractivity contribution in [3.05, 3.63) is 0 Å². The lowest BCUT2D eigenvalue weighted by molar-refractivity contribution is -0.192. The number of hydrogen-bond acceptors (Lipinski definition) is 3. The Morgan fingerprint density at radius 2 is 1.59 bits per heavy atom. The van der Waals surface area contributed by atoms with Crippen molar-refractivity contribution in [2.75, 3.05) is 19.8 Å². The van der Waals surface area contributed by atoms with E-state index in [-0.39, 0.29) is 5.79 Å². The first-order chi connectivity index (χ1) is 8.36. The van der Waals surface area contributed by atoms with Crippen LogP contribution in [0.2, 0.25) is 0 Å². The highest BCUT2D eigenvalue weighted by Gasteiger charge is 2.40. The summed E-state index contributed by atoms with van der Waals surface area (Å²) in [4.78, 5) is 0. The van der Waals surface area contributed by atoms with Crippen molar-refractivity contribution in [2.45, 2.75) is 63.3 Å². The maximum Gasteiger partial charge on any atom is 0.168 e. The summed E-state index contributed by atoms with van der Waals surface area (Å²) in [6.07, 6.45) is 10.3. The Balaban J connectivity index is 1.39. The van der Waals surface area contributed by atoms with Gasteiger partial charge in [0.15, 0.2) is 5.79 Å². The lowest BCUT2D eigenvalue weighted by Gasteiger charge is -2.35. The number of rotatable bonds is 3. The molecule has 0 aromatic rings. The van der Waals surface area contributed by atoms with Crippen LogP contribution in [0.4, 0.5) is 0 Å². The van der Waals surface area contributed by atoms with Crippen LogP contribution in [0.3, 0.4) is 0 Å². The predicted molar refractivity (Wildman–Crippen MR) is 64.8 cm³/mol. The van der Waals surface area contributed by atoms with Crippen LogP contribution >= 0.6 is 0 Å². The third kappa shape index (κ3) is 2.83. The maximum absolute atomic E-state index is 6.06. The molecular weight excluding hydrogens is 216 g/mol. The second-order valence-electron chi connectivity index (χ2n) is 5.79. The van der Waals surface area contributed by atoms with E-state index in [0.29, 0.717) is 6.10 Å². The molecule has 2 aliphatic carbocycles. The molecule has 0 atom stereocenters. The molecule has 3 heteroatoms.